The molecule has 1 aliphatic carbocycles. The molecule has 1 amide bonds. The van der Waals surface area contributed by atoms with Crippen LogP contribution in [0.5, 0.6) is 0 Å². The number of carbonyl (C=O) groups is 1. The second-order valence-electron chi connectivity index (χ2n) is 4.85. The molecule has 0 aromatic heterocycles. The first-order valence-corrected chi connectivity index (χ1v) is 8.32. The molecule has 0 radical (unpaired) electrons. The van der Waals surface area contributed by atoms with Crippen molar-refractivity contribution >= 4 is 44.4 Å². The van der Waals surface area contributed by atoms with Gasteiger partial charge in [-0.25, -0.2) is 0 Å². The van der Waals surface area contributed by atoms with Gasteiger partial charge in [0.05, 0.1) is 0 Å². The fraction of sp³-hybridized carbons (Fsp3) is 0.500. The molecule has 0 bridgehead atoms. The van der Waals surface area contributed by atoms with Crippen molar-refractivity contribution in [2.75, 3.05) is 6.54 Å². The molecule has 0 spiro atoms. The smallest absolute Gasteiger partial charge is 0.251 e. The van der Waals surface area contributed by atoms with Crippen molar-refractivity contribution in [2.24, 2.45) is 5.92 Å². The molecule has 1 fully saturated rings. The predicted octanol–water partition coefficient (Wildman–Crippen LogP) is 3.97. The van der Waals surface area contributed by atoms with Gasteiger partial charge in [-0.05, 0) is 66.0 Å². The summed E-state index contributed by atoms with van der Waals surface area (Å²) in [7, 11) is 0. The van der Waals surface area contributed by atoms with Crippen molar-refractivity contribution in [2.45, 2.75) is 30.5 Å². The van der Waals surface area contributed by atoms with Crippen LogP contribution >= 0.6 is 38.5 Å². The molecule has 4 heteroatoms. The van der Waals surface area contributed by atoms with Crippen LogP contribution < -0.4 is 5.32 Å². The Morgan fingerprint density at radius 2 is 2.28 bits per heavy atom. The summed E-state index contributed by atoms with van der Waals surface area (Å²) in [5.41, 5.74) is 0.758. The first-order chi connectivity index (χ1) is 8.65. The Hall–Kier alpha value is -0.100. The van der Waals surface area contributed by atoms with Gasteiger partial charge in [0, 0.05) is 20.5 Å². The molecule has 1 aromatic rings. The van der Waals surface area contributed by atoms with Gasteiger partial charge in [0.1, 0.15) is 0 Å². The van der Waals surface area contributed by atoms with Crippen LogP contribution in [-0.2, 0) is 0 Å². The average Bonchev–Trinajstić information content (AvgIpc) is 2.36. The van der Waals surface area contributed by atoms with E-state index in [9.17, 15) is 4.79 Å². The van der Waals surface area contributed by atoms with Gasteiger partial charge >= 0.3 is 0 Å². The molecule has 2 unspecified atom stereocenters. The first kappa shape index (κ1) is 14.3. The van der Waals surface area contributed by atoms with Gasteiger partial charge in [-0.15, -0.1) is 0 Å². The maximum Gasteiger partial charge on any atom is 0.251 e. The molecule has 18 heavy (non-hydrogen) atoms. The first-order valence-electron chi connectivity index (χ1n) is 6.33. The summed E-state index contributed by atoms with van der Waals surface area (Å²) in [6, 6.07) is 7.70. The fourth-order valence-electron chi connectivity index (χ4n) is 2.38. The van der Waals surface area contributed by atoms with Crippen LogP contribution in [0.15, 0.2) is 24.3 Å². The third-order valence-corrected chi connectivity index (χ3v) is 4.86. The molecule has 1 aromatic carbocycles. The number of halogens is 2. The highest BCUT2D eigenvalue weighted by Crippen LogP contribution is 2.28. The van der Waals surface area contributed by atoms with Crippen LogP contribution in [0.2, 0.25) is 0 Å². The SMILES string of the molecule is O=C(NCC1CCCC(Br)C1)c1cccc(I)c1. The highest BCUT2D eigenvalue weighted by molar-refractivity contribution is 14.1. The van der Waals surface area contributed by atoms with E-state index in [4.69, 9.17) is 0 Å². The standard InChI is InChI=1S/C14H17BrINO/c15-12-5-1-3-10(7-12)9-17-14(18)11-4-2-6-13(16)8-11/h2,4,6,8,10,12H,1,3,5,7,9H2,(H,17,18). The molecule has 0 heterocycles. The third kappa shape index (κ3) is 4.23. The van der Waals surface area contributed by atoms with Crippen LogP contribution in [0.25, 0.3) is 0 Å². The number of rotatable bonds is 3. The monoisotopic (exact) mass is 421 g/mol. The molecule has 2 atom stereocenters. The number of carbonyl (C=O) groups excluding carboxylic acids is 1. The highest BCUT2D eigenvalue weighted by Gasteiger charge is 2.20. The van der Waals surface area contributed by atoms with Gasteiger partial charge in [0.15, 0.2) is 0 Å². The van der Waals surface area contributed by atoms with E-state index in [1.54, 1.807) is 0 Å². The summed E-state index contributed by atoms with van der Waals surface area (Å²) in [6.07, 6.45) is 4.93. The van der Waals surface area contributed by atoms with Gasteiger partial charge in [0.2, 0.25) is 0 Å². The van der Waals surface area contributed by atoms with Gasteiger partial charge in [-0.2, -0.15) is 0 Å². The minimum Gasteiger partial charge on any atom is -0.352 e. The largest absolute Gasteiger partial charge is 0.352 e. The minimum absolute atomic E-state index is 0.0465. The molecule has 0 aliphatic heterocycles. The molecular weight excluding hydrogens is 405 g/mol. The molecular formula is C14H17BrINO. The Labute approximate surface area is 130 Å². The molecule has 98 valence electrons. The zero-order chi connectivity index (χ0) is 13.0. The van der Waals surface area contributed by atoms with Crippen molar-refractivity contribution in [1.82, 2.24) is 5.32 Å². The van der Waals surface area contributed by atoms with Crippen molar-refractivity contribution < 1.29 is 4.79 Å². The normalized spacial score (nSPS) is 23.7. The van der Waals surface area contributed by atoms with Gasteiger partial charge in [0.25, 0.3) is 5.91 Å². The summed E-state index contributed by atoms with van der Waals surface area (Å²) < 4.78 is 1.10. The van der Waals surface area contributed by atoms with E-state index < -0.39 is 0 Å². The topological polar surface area (TPSA) is 29.1 Å². The zero-order valence-electron chi connectivity index (χ0n) is 10.2. The third-order valence-electron chi connectivity index (χ3n) is 3.36. The summed E-state index contributed by atoms with van der Waals surface area (Å²) >= 11 is 5.90. The van der Waals surface area contributed by atoms with Gasteiger partial charge in [-0.1, -0.05) is 28.4 Å². The molecule has 1 saturated carbocycles. The van der Waals surface area contributed by atoms with Crippen molar-refractivity contribution in [3.05, 3.63) is 33.4 Å². The lowest BCUT2D eigenvalue weighted by Gasteiger charge is -2.25. The highest BCUT2D eigenvalue weighted by atomic mass is 127. The summed E-state index contributed by atoms with van der Waals surface area (Å²) in [4.78, 5) is 12.6. The van der Waals surface area contributed by atoms with Crippen LogP contribution in [0.4, 0.5) is 0 Å². The summed E-state index contributed by atoms with van der Waals surface area (Å²) in [5.74, 6) is 0.667. The van der Waals surface area contributed by atoms with E-state index in [1.165, 1.54) is 25.7 Å². The van der Waals surface area contributed by atoms with Crippen molar-refractivity contribution in [3.63, 3.8) is 0 Å². The number of alkyl halides is 1. The average molecular weight is 422 g/mol. The Bertz CT molecular complexity index is 424. The summed E-state index contributed by atoms with van der Waals surface area (Å²) in [5, 5.41) is 3.05. The van der Waals surface area contributed by atoms with E-state index in [2.05, 4.69) is 43.8 Å². The Kier molecular flexibility index (Phi) is 5.48. The van der Waals surface area contributed by atoms with Crippen LogP contribution in [0.3, 0.4) is 0 Å². The molecule has 1 aliphatic rings. The predicted molar refractivity (Wildman–Crippen MR) is 86.2 cm³/mol. The molecule has 1 N–H and O–H groups in total. The number of nitrogens with one attached hydrogen (secondary N) is 1. The van der Waals surface area contributed by atoms with Gasteiger partial charge in [-0.3, -0.25) is 4.79 Å². The van der Waals surface area contributed by atoms with Crippen LogP contribution in [-0.4, -0.2) is 17.3 Å². The van der Waals surface area contributed by atoms with E-state index in [1.807, 2.05) is 24.3 Å². The maximum absolute atomic E-state index is 12.0. The summed E-state index contributed by atoms with van der Waals surface area (Å²) in [6.45, 7) is 0.798. The number of benzene rings is 1. The van der Waals surface area contributed by atoms with E-state index in [-0.39, 0.29) is 5.91 Å². The lowest BCUT2D eigenvalue weighted by atomic mass is 9.89. The Morgan fingerprint density at radius 3 is 3.00 bits per heavy atom. The fourth-order valence-corrected chi connectivity index (χ4v) is 3.78. The van der Waals surface area contributed by atoms with Crippen molar-refractivity contribution in [1.29, 1.82) is 0 Å². The zero-order valence-corrected chi connectivity index (χ0v) is 13.9. The second-order valence-corrected chi connectivity index (χ2v) is 7.39. The van der Waals surface area contributed by atoms with Crippen LogP contribution in [0, 0.1) is 9.49 Å². The molecule has 2 rings (SSSR count). The maximum atomic E-state index is 12.0. The number of amides is 1. The number of hydrogen-bond acceptors (Lipinski definition) is 1. The van der Waals surface area contributed by atoms with E-state index in [0.717, 1.165) is 15.7 Å². The number of hydrogen-bond donors (Lipinski definition) is 1. The lowest BCUT2D eigenvalue weighted by molar-refractivity contribution is 0.0944. The van der Waals surface area contributed by atoms with Crippen molar-refractivity contribution in [3.8, 4) is 0 Å². The Morgan fingerprint density at radius 1 is 1.44 bits per heavy atom. The van der Waals surface area contributed by atoms with E-state index >= 15 is 0 Å². The second kappa shape index (κ2) is 6.89. The minimum atomic E-state index is 0.0465. The molecule has 0 saturated heterocycles. The quantitative estimate of drug-likeness (QED) is 0.580. The van der Waals surface area contributed by atoms with Crippen LogP contribution in [0.1, 0.15) is 36.0 Å². The van der Waals surface area contributed by atoms with E-state index in [0.29, 0.717) is 10.7 Å². The lowest BCUT2D eigenvalue weighted by Crippen LogP contribution is -2.31. The Balaban J connectivity index is 1.84. The van der Waals surface area contributed by atoms with Gasteiger partial charge < -0.3 is 5.32 Å². The molecule has 2 nitrogen and oxygen atoms in total.